The number of hydrogen-bond donors (Lipinski definition) is 1. The molecule has 1 N–H and O–H groups in total. The SMILES string of the molecule is CCn1nc(C(=O)NCC2CCC(C)CC2)c(C)c1-c1ccc(CC(C)(C)C(F)(F)F)nc1OC(F)F. The number of alkyl halides is 5. The summed E-state index contributed by atoms with van der Waals surface area (Å²) in [6.45, 7) is 5.31. The normalized spacial score (nSPS) is 18.8. The molecule has 0 atom stereocenters. The average Bonchev–Trinajstić information content (AvgIpc) is 3.13. The van der Waals surface area contributed by atoms with E-state index < -0.39 is 30.5 Å². The molecule has 206 valence electrons. The van der Waals surface area contributed by atoms with Gasteiger partial charge in [0.05, 0.1) is 16.7 Å². The summed E-state index contributed by atoms with van der Waals surface area (Å²) in [5.41, 5.74) is -1.08. The van der Waals surface area contributed by atoms with Crippen molar-refractivity contribution in [3.05, 3.63) is 29.1 Å². The monoisotopic (exact) mass is 530 g/mol. The van der Waals surface area contributed by atoms with Crippen molar-refractivity contribution in [2.75, 3.05) is 6.54 Å². The van der Waals surface area contributed by atoms with Crippen LogP contribution >= 0.6 is 0 Å². The summed E-state index contributed by atoms with van der Waals surface area (Å²) >= 11 is 0. The number of aromatic nitrogens is 3. The molecule has 6 nitrogen and oxygen atoms in total. The molecule has 37 heavy (non-hydrogen) atoms. The Morgan fingerprint density at radius 3 is 2.41 bits per heavy atom. The lowest BCUT2D eigenvalue weighted by atomic mass is 9.83. The van der Waals surface area contributed by atoms with E-state index in [9.17, 15) is 26.7 Å². The fourth-order valence-electron chi connectivity index (χ4n) is 4.68. The van der Waals surface area contributed by atoms with Crippen molar-refractivity contribution < 1.29 is 31.5 Å². The van der Waals surface area contributed by atoms with Crippen LogP contribution in [0.3, 0.4) is 0 Å². The molecule has 0 aliphatic heterocycles. The highest BCUT2D eigenvalue weighted by atomic mass is 19.4. The number of amides is 1. The summed E-state index contributed by atoms with van der Waals surface area (Å²) in [6.07, 6.45) is -0.670. The second-order valence-corrected chi connectivity index (χ2v) is 10.6. The third kappa shape index (κ3) is 6.78. The van der Waals surface area contributed by atoms with Crippen LogP contribution in [0.1, 0.15) is 75.1 Å². The molecule has 0 aromatic carbocycles. The van der Waals surface area contributed by atoms with E-state index >= 15 is 0 Å². The van der Waals surface area contributed by atoms with Crippen molar-refractivity contribution in [1.82, 2.24) is 20.1 Å². The largest absolute Gasteiger partial charge is 0.416 e. The lowest BCUT2D eigenvalue weighted by Gasteiger charge is -2.27. The van der Waals surface area contributed by atoms with Crippen molar-refractivity contribution in [3.8, 4) is 17.1 Å². The second kappa shape index (κ2) is 11.3. The van der Waals surface area contributed by atoms with E-state index in [0.29, 0.717) is 36.2 Å². The predicted molar refractivity (Wildman–Crippen MR) is 129 cm³/mol. The molecular formula is C26H35F5N4O2. The number of halogens is 5. The van der Waals surface area contributed by atoms with Gasteiger partial charge in [-0.05, 0) is 50.7 Å². The number of pyridine rings is 1. The minimum atomic E-state index is -4.51. The maximum absolute atomic E-state index is 13.4. The van der Waals surface area contributed by atoms with E-state index in [1.807, 2.05) is 0 Å². The lowest BCUT2D eigenvalue weighted by molar-refractivity contribution is -0.211. The molecule has 3 rings (SSSR count). The van der Waals surface area contributed by atoms with Crippen molar-refractivity contribution >= 4 is 5.91 Å². The second-order valence-electron chi connectivity index (χ2n) is 10.6. The van der Waals surface area contributed by atoms with Crippen LogP contribution in [0, 0.1) is 24.2 Å². The maximum atomic E-state index is 13.4. The Labute approximate surface area is 214 Å². The molecule has 1 amide bonds. The Morgan fingerprint density at radius 1 is 1.19 bits per heavy atom. The third-order valence-electron chi connectivity index (χ3n) is 7.15. The zero-order chi connectivity index (χ0) is 27.5. The topological polar surface area (TPSA) is 69.0 Å². The van der Waals surface area contributed by atoms with Gasteiger partial charge in [-0.2, -0.15) is 27.1 Å². The Hall–Kier alpha value is -2.72. The Balaban J connectivity index is 1.92. The van der Waals surface area contributed by atoms with Crippen LogP contribution in [-0.4, -0.2) is 40.0 Å². The number of ether oxygens (including phenoxy) is 1. The number of hydrogen-bond acceptors (Lipinski definition) is 4. The van der Waals surface area contributed by atoms with Crippen molar-refractivity contribution in [2.24, 2.45) is 17.3 Å². The van der Waals surface area contributed by atoms with Crippen molar-refractivity contribution in [2.45, 2.75) is 86.1 Å². The molecule has 1 saturated carbocycles. The van der Waals surface area contributed by atoms with Crippen LogP contribution in [0.5, 0.6) is 5.88 Å². The fourth-order valence-corrected chi connectivity index (χ4v) is 4.68. The average molecular weight is 531 g/mol. The van der Waals surface area contributed by atoms with Gasteiger partial charge in [-0.25, -0.2) is 4.98 Å². The number of carbonyl (C=O) groups excluding carboxylic acids is 1. The molecule has 1 fully saturated rings. The summed E-state index contributed by atoms with van der Waals surface area (Å²) < 4.78 is 72.8. The van der Waals surface area contributed by atoms with E-state index in [1.165, 1.54) is 16.8 Å². The molecule has 2 aromatic rings. The van der Waals surface area contributed by atoms with E-state index in [4.69, 9.17) is 0 Å². The summed E-state index contributed by atoms with van der Waals surface area (Å²) in [6, 6.07) is 2.75. The molecule has 2 aromatic heterocycles. The van der Waals surface area contributed by atoms with E-state index in [2.05, 4.69) is 27.1 Å². The molecule has 0 spiro atoms. The van der Waals surface area contributed by atoms with E-state index in [0.717, 1.165) is 39.5 Å². The summed E-state index contributed by atoms with van der Waals surface area (Å²) in [5, 5.41) is 7.35. The highest BCUT2D eigenvalue weighted by molar-refractivity contribution is 5.95. The number of rotatable bonds is 9. The summed E-state index contributed by atoms with van der Waals surface area (Å²) in [5.74, 6) is 0.224. The van der Waals surface area contributed by atoms with Gasteiger partial charge in [0.1, 0.15) is 0 Å². The van der Waals surface area contributed by atoms with Gasteiger partial charge in [-0.15, -0.1) is 0 Å². The van der Waals surface area contributed by atoms with Gasteiger partial charge < -0.3 is 10.1 Å². The standard InChI is InChI=1S/C26H35F5N4O2/c1-6-35-21(16(3)20(34-35)22(36)32-14-17-9-7-15(2)8-10-17)19-12-11-18(33-23(19)37-24(27)28)13-25(4,5)26(29,30)31/h11-12,15,17,24H,6-10,13-14H2,1-5H3,(H,32,36). The molecule has 0 radical (unpaired) electrons. The third-order valence-corrected chi connectivity index (χ3v) is 7.15. The fraction of sp³-hybridized carbons (Fsp3) is 0.654. The van der Waals surface area contributed by atoms with Crippen LogP contribution < -0.4 is 10.1 Å². The smallest absolute Gasteiger partial charge is 0.394 e. The first-order chi connectivity index (χ1) is 17.2. The first-order valence-corrected chi connectivity index (χ1v) is 12.6. The molecule has 2 heterocycles. The van der Waals surface area contributed by atoms with Gasteiger partial charge >= 0.3 is 12.8 Å². The Morgan fingerprint density at radius 2 is 1.84 bits per heavy atom. The molecule has 0 bridgehead atoms. The van der Waals surface area contributed by atoms with Crippen LogP contribution in [0.25, 0.3) is 11.3 Å². The molecule has 1 aliphatic carbocycles. The Kier molecular flexibility index (Phi) is 8.85. The van der Waals surface area contributed by atoms with Crippen molar-refractivity contribution in [3.63, 3.8) is 0 Å². The van der Waals surface area contributed by atoms with Gasteiger partial charge in [0.2, 0.25) is 5.88 Å². The number of carbonyl (C=O) groups is 1. The Bertz CT molecular complexity index is 1090. The summed E-state index contributed by atoms with van der Waals surface area (Å²) in [7, 11) is 0. The zero-order valence-electron chi connectivity index (χ0n) is 21.9. The maximum Gasteiger partial charge on any atom is 0.394 e. The molecule has 11 heteroatoms. The predicted octanol–water partition coefficient (Wildman–Crippen LogP) is 6.56. The van der Waals surface area contributed by atoms with Gasteiger partial charge in [-0.3, -0.25) is 9.48 Å². The van der Waals surface area contributed by atoms with E-state index in [-0.39, 0.29) is 22.9 Å². The highest BCUT2D eigenvalue weighted by Crippen LogP contribution is 2.41. The van der Waals surface area contributed by atoms with Gasteiger partial charge in [0.15, 0.2) is 5.69 Å². The van der Waals surface area contributed by atoms with Crippen LogP contribution in [0.4, 0.5) is 22.0 Å². The molecule has 1 aliphatic rings. The highest BCUT2D eigenvalue weighted by Gasteiger charge is 2.47. The number of nitrogens with zero attached hydrogens (tertiary/aromatic N) is 3. The van der Waals surface area contributed by atoms with Gasteiger partial charge in [0, 0.05) is 30.8 Å². The number of nitrogens with one attached hydrogen (secondary N) is 1. The molecule has 0 unspecified atom stereocenters. The van der Waals surface area contributed by atoms with Crippen molar-refractivity contribution in [1.29, 1.82) is 0 Å². The molecular weight excluding hydrogens is 495 g/mol. The number of aryl methyl sites for hydroxylation is 1. The van der Waals surface area contributed by atoms with Gasteiger partial charge in [0.25, 0.3) is 5.91 Å². The summed E-state index contributed by atoms with van der Waals surface area (Å²) in [4.78, 5) is 17.0. The minimum Gasteiger partial charge on any atom is -0.416 e. The van der Waals surface area contributed by atoms with E-state index in [1.54, 1.807) is 13.8 Å². The van der Waals surface area contributed by atoms with Gasteiger partial charge in [-0.1, -0.05) is 33.6 Å². The first kappa shape index (κ1) is 28.8. The molecule has 0 saturated heterocycles. The lowest BCUT2D eigenvalue weighted by Crippen LogP contribution is -2.34. The van der Waals surface area contributed by atoms with Crippen LogP contribution in [-0.2, 0) is 13.0 Å². The van der Waals surface area contributed by atoms with Crippen LogP contribution in [0.2, 0.25) is 0 Å². The van der Waals surface area contributed by atoms with Crippen LogP contribution in [0.15, 0.2) is 12.1 Å². The minimum absolute atomic E-state index is 0.0401. The quantitative estimate of drug-likeness (QED) is 0.373. The first-order valence-electron chi connectivity index (χ1n) is 12.6. The zero-order valence-corrected chi connectivity index (χ0v) is 21.9.